The fraction of sp³-hybridized carbons (Fsp3) is 0.919. The van der Waals surface area contributed by atoms with E-state index in [1.807, 2.05) is 21.1 Å². The number of aliphatic carboxylic acids is 1. The Hall–Kier alpha value is -1.67. The van der Waals surface area contributed by atoms with E-state index >= 15 is 0 Å². The average Bonchev–Trinajstić information content (AvgIpc) is 2.98. The molecule has 1 N–H and O–H groups in total. The maximum atomic E-state index is 12.5. The first-order valence-electron chi connectivity index (χ1n) is 18.6. The minimum Gasteiger partial charge on any atom is -0.477 e. The third-order valence-corrected chi connectivity index (χ3v) is 8.51. The Balaban J connectivity index is 4.11. The monoisotopic (exact) mass is 643 g/mol. The Bertz CT molecular complexity index is 722. The Labute approximate surface area is 276 Å². The first-order valence-corrected chi connectivity index (χ1v) is 18.6. The molecule has 0 rings (SSSR count). The highest BCUT2D eigenvalue weighted by Gasteiger charge is 2.31. The molecule has 0 saturated carbocycles. The zero-order valence-corrected chi connectivity index (χ0v) is 30.1. The molecule has 2 atom stereocenters. The summed E-state index contributed by atoms with van der Waals surface area (Å²) in [7, 11) is 5.50. The highest BCUT2D eigenvalue weighted by atomic mass is 16.6. The van der Waals surface area contributed by atoms with E-state index in [1.54, 1.807) is 0 Å². The lowest BCUT2D eigenvalue weighted by Gasteiger charge is -2.31. The van der Waals surface area contributed by atoms with E-state index < -0.39 is 18.1 Å². The van der Waals surface area contributed by atoms with Crippen LogP contribution in [0.4, 0.5) is 0 Å². The van der Waals surface area contributed by atoms with Gasteiger partial charge in [-0.2, -0.15) is 0 Å². The number of likely N-dealkylation sites (N-methyl/N-ethyl adjacent to an activating group) is 1. The van der Waals surface area contributed by atoms with Gasteiger partial charge in [-0.05, 0) is 12.8 Å². The quantitative estimate of drug-likeness (QED) is 0.0433. The molecule has 2 unspecified atom stereocenters. The second-order valence-electron chi connectivity index (χ2n) is 13.8. The highest BCUT2D eigenvalue weighted by Crippen LogP contribution is 2.15. The van der Waals surface area contributed by atoms with Crippen molar-refractivity contribution in [2.75, 3.05) is 41.0 Å². The van der Waals surface area contributed by atoms with Crippen LogP contribution in [-0.2, 0) is 28.6 Å². The smallest absolute Gasteiger partial charge is 0.362 e. The van der Waals surface area contributed by atoms with Gasteiger partial charge in [0.05, 0.1) is 34.4 Å². The van der Waals surface area contributed by atoms with Crippen LogP contribution in [0.2, 0.25) is 0 Å². The first kappa shape index (κ1) is 43.3. The Morgan fingerprint density at radius 2 is 0.978 bits per heavy atom. The predicted molar refractivity (Wildman–Crippen MR) is 183 cm³/mol. The predicted octanol–water partition coefficient (Wildman–Crippen LogP) is 9.02. The van der Waals surface area contributed by atoms with Crippen molar-refractivity contribution in [3.63, 3.8) is 0 Å². The van der Waals surface area contributed by atoms with Crippen LogP contribution < -0.4 is 0 Å². The van der Waals surface area contributed by atoms with Crippen LogP contribution in [0, 0.1) is 0 Å². The molecular formula is C37H72NO7+. The van der Waals surface area contributed by atoms with Crippen molar-refractivity contribution in [3.8, 4) is 0 Å². The molecule has 0 aliphatic carbocycles. The number of hydrogen-bond acceptors (Lipinski definition) is 6. The number of carboxylic acids is 1. The number of unbranched alkanes of at least 4 members (excludes halogenated alkanes) is 19. The van der Waals surface area contributed by atoms with Crippen LogP contribution in [0.5, 0.6) is 0 Å². The lowest BCUT2D eigenvalue weighted by molar-refractivity contribution is -0.887. The molecule has 0 fully saturated rings. The summed E-state index contributed by atoms with van der Waals surface area (Å²) in [5.41, 5.74) is 0. The molecule has 45 heavy (non-hydrogen) atoms. The van der Waals surface area contributed by atoms with E-state index in [0.717, 1.165) is 38.5 Å². The molecule has 0 aliphatic rings. The summed E-state index contributed by atoms with van der Waals surface area (Å²) >= 11 is 0. The van der Waals surface area contributed by atoms with Crippen LogP contribution in [0.3, 0.4) is 0 Å². The van der Waals surface area contributed by atoms with Crippen LogP contribution in [-0.4, -0.2) is 80.6 Å². The second kappa shape index (κ2) is 29.7. The van der Waals surface area contributed by atoms with Gasteiger partial charge in [0.25, 0.3) is 0 Å². The minimum atomic E-state index is -0.876. The van der Waals surface area contributed by atoms with Crippen molar-refractivity contribution in [3.05, 3.63) is 0 Å². The second-order valence-corrected chi connectivity index (χ2v) is 13.8. The number of quaternary nitrogens is 1. The van der Waals surface area contributed by atoms with Crippen LogP contribution in [0.25, 0.3) is 0 Å². The fourth-order valence-electron chi connectivity index (χ4n) is 5.56. The van der Waals surface area contributed by atoms with Crippen molar-refractivity contribution in [1.82, 2.24) is 0 Å². The number of carboxylic acid groups (broad SMARTS) is 1. The summed E-state index contributed by atoms with van der Waals surface area (Å²) < 4.78 is 17.0. The maximum absolute atomic E-state index is 12.5. The van der Waals surface area contributed by atoms with Crippen molar-refractivity contribution < 1.29 is 38.2 Å². The zero-order chi connectivity index (χ0) is 33.6. The molecule has 0 saturated heterocycles. The molecule has 8 heteroatoms. The van der Waals surface area contributed by atoms with Gasteiger partial charge in [-0.3, -0.25) is 9.59 Å². The van der Waals surface area contributed by atoms with Crippen molar-refractivity contribution in [2.24, 2.45) is 0 Å². The fourth-order valence-corrected chi connectivity index (χ4v) is 5.56. The number of nitrogens with zero attached hydrogens (tertiary/aromatic N) is 1. The Morgan fingerprint density at radius 3 is 1.42 bits per heavy atom. The highest BCUT2D eigenvalue weighted by molar-refractivity contribution is 5.72. The lowest BCUT2D eigenvalue weighted by Crippen LogP contribution is -2.50. The number of carbonyl (C=O) groups is 3. The molecule has 0 aromatic rings. The average molecular weight is 643 g/mol. The maximum Gasteiger partial charge on any atom is 0.362 e. The van der Waals surface area contributed by atoms with E-state index in [9.17, 15) is 19.5 Å². The standard InChI is InChI=1S/C37H71NO7/c1-6-8-10-11-12-13-14-15-16-17-18-19-20-21-22-23-24-26-28-36(40)45-33(32-44-35(39)27-25-9-7-2)31-43-30-29-34(37(41)42)38(3,4)5/h33-34H,6-32H2,1-5H3/p+1. The molecule has 0 aliphatic heterocycles. The van der Waals surface area contributed by atoms with Crippen LogP contribution in [0.1, 0.15) is 168 Å². The van der Waals surface area contributed by atoms with E-state index in [2.05, 4.69) is 13.8 Å². The SMILES string of the molecule is CCCCCCCCCCCCCCCCCCCCC(=O)OC(COCCC(C(=O)O)[N+](C)(C)C)COC(=O)CCCCC. The van der Waals surface area contributed by atoms with E-state index in [1.165, 1.54) is 96.3 Å². The summed E-state index contributed by atoms with van der Waals surface area (Å²) in [5.74, 6) is -1.49. The molecule has 0 amide bonds. The van der Waals surface area contributed by atoms with Gasteiger partial charge < -0.3 is 23.8 Å². The van der Waals surface area contributed by atoms with Gasteiger partial charge in [0, 0.05) is 19.3 Å². The van der Waals surface area contributed by atoms with Crippen molar-refractivity contribution in [1.29, 1.82) is 0 Å². The number of rotatable bonds is 33. The van der Waals surface area contributed by atoms with Gasteiger partial charge in [0.15, 0.2) is 12.1 Å². The topological polar surface area (TPSA) is 99.1 Å². The van der Waals surface area contributed by atoms with Gasteiger partial charge in [0.1, 0.15) is 6.61 Å². The van der Waals surface area contributed by atoms with Gasteiger partial charge in [0.2, 0.25) is 0 Å². The third-order valence-electron chi connectivity index (χ3n) is 8.51. The van der Waals surface area contributed by atoms with E-state index in [4.69, 9.17) is 14.2 Å². The molecule has 8 nitrogen and oxygen atoms in total. The molecule has 0 spiro atoms. The molecule has 0 aromatic heterocycles. The number of hydrogen-bond donors (Lipinski definition) is 1. The number of carbonyl (C=O) groups excluding carboxylic acids is 2. The molecule has 0 aromatic carbocycles. The van der Waals surface area contributed by atoms with Gasteiger partial charge >= 0.3 is 17.9 Å². The number of ether oxygens (including phenoxy) is 3. The van der Waals surface area contributed by atoms with E-state index in [0.29, 0.717) is 19.3 Å². The largest absolute Gasteiger partial charge is 0.477 e. The summed E-state index contributed by atoms with van der Waals surface area (Å²) in [5, 5.41) is 9.52. The molecule has 0 heterocycles. The minimum absolute atomic E-state index is 0.0481. The third kappa shape index (κ3) is 28.3. The van der Waals surface area contributed by atoms with Gasteiger partial charge in [-0.15, -0.1) is 0 Å². The Morgan fingerprint density at radius 1 is 0.578 bits per heavy atom. The summed E-state index contributed by atoms with van der Waals surface area (Å²) in [6.07, 6.45) is 26.4. The molecular weight excluding hydrogens is 570 g/mol. The normalized spacial score (nSPS) is 13.0. The zero-order valence-electron chi connectivity index (χ0n) is 30.1. The molecule has 0 radical (unpaired) electrons. The van der Waals surface area contributed by atoms with Crippen molar-refractivity contribution >= 4 is 17.9 Å². The first-order chi connectivity index (χ1) is 21.6. The summed E-state index contributed by atoms with van der Waals surface area (Å²) in [6, 6.07) is -0.605. The summed E-state index contributed by atoms with van der Waals surface area (Å²) in [6.45, 7) is 4.58. The Kier molecular flexibility index (Phi) is 28.6. The molecule has 0 bridgehead atoms. The van der Waals surface area contributed by atoms with Crippen molar-refractivity contribution in [2.45, 2.75) is 180 Å². The number of esters is 2. The summed E-state index contributed by atoms with van der Waals surface area (Å²) in [4.78, 5) is 36.2. The van der Waals surface area contributed by atoms with Crippen LogP contribution >= 0.6 is 0 Å². The lowest BCUT2D eigenvalue weighted by atomic mass is 10.0. The van der Waals surface area contributed by atoms with E-state index in [-0.39, 0.29) is 36.2 Å². The molecule has 266 valence electrons. The van der Waals surface area contributed by atoms with Crippen LogP contribution in [0.15, 0.2) is 0 Å². The van der Waals surface area contributed by atoms with Gasteiger partial charge in [-0.25, -0.2) is 4.79 Å². The van der Waals surface area contributed by atoms with Gasteiger partial charge in [-0.1, -0.05) is 136 Å².